The molecule has 0 bridgehead atoms. The molecule has 1 saturated carbocycles. The minimum atomic E-state index is 0.110. The quantitative estimate of drug-likeness (QED) is 0.782. The van der Waals surface area contributed by atoms with Crippen LogP contribution in [0.1, 0.15) is 53.3 Å². The van der Waals surface area contributed by atoms with E-state index in [0.29, 0.717) is 5.91 Å². The van der Waals surface area contributed by atoms with E-state index in [-0.39, 0.29) is 12.0 Å². The Morgan fingerprint density at radius 1 is 1.13 bits per heavy atom. The van der Waals surface area contributed by atoms with E-state index in [1.807, 2.05) is 11.3 Å². The maximum absolute atomic E-state index is 13.2. The zero-order chi connectivity index (χ0) is 15.8. The predicted octanol–water partition coefficient (Wildman–Crippen LogP) is 4.72. The van der Waals surface area contributed by atoms with Gasteiger partial charge in [-0.05, 0) is 54.3 Å². The minimum Gasteiger partial charge on any atom is -0.331 e. The van der Waals surface area contributed by atoms with Gasteiger partial charge >= 0.3 is 0 Å². The molecule has 0 N–H and O–H groups in total. The number of hydrogen-bond acceptors (Lipinski definition) is 2. The molecule has 2 nitrogen and oxygen atoms in total. The van der Waals surface area contributed by atoms with Crippen LogP contribution >= 0.6 is 11.3 Å². The highest BCUT2D eigenvalue weighted by molar-refractivity contribution is 7.10. The Morgan fingerprint density at radius 2 is 1.91 bits per heavy atom. The standard InChI is InChI=1S/C20H23NOS/c1-14-6-2-5-9-16(14)19-17-11-13-23-18(17)10-12-21(19)20(22)15-7-3-4-8-15/h2,5-6,9,11,13,15,19H,3-4,7-8,10,12H2,1H3. The maximum atomic E-state index is 13.2. The van der Waals surface area contributed by atoms with Crippen LogP contribution in [-0.4, -0.2) is 17.4 Å². The monoisotopic (exact) mass is 325 g/mol. The second-order valence-electron chi connectivity index (χ2n) is 6.82. The number of nitrogens with zero attached hydrogens (tertiary/aromatic N) is 1. The Balaban J connectivity index is 1.76. The summed E-state index contributed by atoms with van der Waals surface area (Å²) in [6.07, 6.45) is 5.58. The molecule has 1 fully saturated rings. The number of benzene rings is 1. The molecule has 1 atom stereocenters. The summed E-state index contributed by atoms with van der Waals surface area (Å²) in [5.74, 6) is 0.634. The molecule has 0 saturated heterocycles. The first kappa shape index (κ1) is 14.9. The summed E-state index contributed by atoms with van der Waals surface area (Å²) in [5.41, 5.74) is 3.92. The molecular weight excluding hydrogens is 302 g/mol. The lowest BCUT2D eigenvalue weighted by molar-refractivity contribution is -0.137. The first-order chi connectivity index (χ1) is 11.3. The fraction of sp³-hybridized carbons (Fsp3) is 0.450. The van der Waals surface area contributed by atoms with Crippen molar-refractivity contribution in [2.45, 2.75) is 45.1 Å². The van der Waals surface area contributed by atoms with Gasteiger partial charge in [0.1, 0.15) is 0 Å². The lowest BCUT2D eigenvalue weighted by Crippen LogP contribution is -2.43. The van der Waals surface area contributed by atoms with Crippen LogP contribution in [0.25, 0.3) is 0 Å². The van der Waals surface area contributed by atoms with Crippen molar-refractivity contribution in [1.82, 2.24) is 4.90 Å². The van der Waals surface area contributed by atoms with Gasteiger partial charge in [-0.3, -0.25) is 4.79 Å². The van der Waals surface area contributed by atoms with Gasteiger partial charge in [-0.1, -0.05) is 37.1 Å². The number of rotatable bonds is 2. The van der Waals surface area contributed by atoms with Gasteiger partial charge in [0, 0.05) is 17.3 Å². The average molecular weight is 325 g/mol. The van der Waals surface area contributed by atoms with Gasteiger partial charge in [-0.15, -0.1) is 11.3 Å². The third-order valence-electron chi connectivity index (χ3n) is 5.44. The molecule has 1 unspecified atom stereocenters. The molecule has 0 radical (unpaired) electrons. The van der Waals surface area contributed by atoms with Crippen molar-refractivity contribution < 1.29 is 4.79 Å². The Bertz CT molecular complexity index is 714. The van der Waals surface area contributed by atoms with Crippen LogP contribution in [0.4, 0.5) is 0 Å². The normalized spacial score (nSPS) is 21.4. The Hall–Kier alpha value is -1.61. The van der Waals surface area contributed by atoms with Crippen LogP contribution < -0.4 is 0 Å². The number of carbonyl (C=O) groups excluding carboxylic acids is 1. The summed E-state index contributed by atoms with van der Waals surface area (Å²) in [7, 11) is 0. The molecule has 4 rings (SSSR count). The molecule has 1 aromatic heterocycles. The lowest BCUT2D eigenvalue weighted by Gasteiger charge is -2.38. The molecule has 1 amide bonds. The van der Waals surface area contributed by atoms with Crippen molar-refractivity contribution in [2.75, 3.05) is 6.54 Å². The van der Waals surface area contributed by atoms with Gasteiger partial charge in [0.05, 0.1) is 6.04 Å². The highest BCUT2D eigenvalue weighted by Gasteiger charge is 2.37. The summed E-state index contributed by atoms with van der Waals surface area (Å²) in [5, 5.41) is 2.18. The summed E-state index contributed by atoms with van der Waals surface area (Å²) in [6.45, 7) is 3.02. The second-order valence-corrected chi connectivity index (χ2v) is 7.82. The molecule has 3 heteroatoms. The van der Waals surface area contributed by atoms with E-state index in [1.54, 1.807) is 0 Å². The molecule has 1 aliphatic carbocycles. The fourth-order valence-electron chi connectivity index (χ4n) is 4.19. The number of carbonyl (C=O) groups is 1. The molecule has 1 aromatic carbocycles. The number of hydrogen-bond donors (Lipinski definition) is 0. The van der Waals surface area contributed by atoms with Crippen LogP contribution in [0.15, 0.2) is 35.7 Å². The van der Waals surface area contributed by atoms with Crippen LogP contribution in [0.5, 0.6) is 0 Å². The number of aryl methyl sites for hydroxylation is 1. The molecule has 120 valence electrons. The Kier molecular flexibility index (Phi) is 3.98. The molecule has 2 aromatic rings. The summed E-state index contributed by atoms with van der Waals surface area (Å²) >= 11 is 1.84. The number of thiophene rings is 1. The fourth-order valence-corrected chi connectivity index (χ4v) is 5.09. The van der Waals surface area contributed by atoms with Crippen LogP contribution in [0.2, 0.25) is 0 Å². The van der Waals surface area contributed by atoms with Crippen molar-refractivity contribution in [1.29, 1.82) is 0 Å². The highest BCUT2D eigenvalue weighted by Crippen LogP contribution is 2.40. The van der Waals surface area contributed by atoms with Gasteiger partial charge in [0.25, 0.3) is 0 Å². The summed E-state index contributed by atoms with van der Waals surface area (Å²) in [4.78, 5) is 16.8. The number of amides is 1. The van der Waals surface area contributed by atoms with E-state index in [2.05, 4.69) is 47.5 Å². The minimum absolute atomic E-state index is 0.110. The van der Waals surface area contributed by atoms with Crippen molar-refractivity contribution in [2.24, 2.45) is 5.92 Å². The van der Waals surface area contributed by atoms with E-state index in [9.17, 15) is 4.79 Å². The van der Waals surface area contributed by atoms with E-state index in [1.165, 1.54) is 34.4 Å². The van der Waals surface area contributed by atoms with Crippen LogP contribution in [0.3, 0.4) is 0 Å². The van der Waals surface area contributed by atoms with Gasteiger partial charge < -0.3 is 4.90 Å². The predicted molar refractivity (Wildman–Crippen MR) is 94.7 cm³/mol. The largest absolute Gasteiger partial charge is 0.331 e. The van der Waals surface area contributed by atoms with E-state index >= 15 is 0 Å². The first-order valence-electron chi connectivity index (χ1n) is 8.68. The maximum Gasteiger partial charge on any atom is 0.226 e. The van der Waals surface area contributed by atoms with Gasteiger partial charge in [0.2, 0.25) is 5.91 Å². The van der Waals surface area contributed by atoms with Gasteiger partial charge in [0.15, 0.2) is 0 Å². The number of fused-ring (bicyclic) bond motifs is 1. The van der Waals surface area contributed by atoms with E-state index < -0.39 is 0 Å². The molecular formula is C20H23NOS. The highest BCUT2D eigenvalue weighted by atomic mass is 32.1. The van der Waals surface area contributed by atoms with Crippen LogP contribution in [0, 0.1) is 12.8 Å². The molecule has 23 heavy (non-hydrogen) atoms. The SMILES string of the molecule is Cc1ccccc1C1c2ccsc2CCN1C(=O)C1CCCC1. The smallest absolute Gasteiger partial charge is 0.226 e. The van der Waals surface area contributed by atoms with Crippen LogP contribution in [-0.2, 0) is 11.2 Å². The van der Waals surface area contributed by atoms with Crippen molar-refractivity contribution in [3.8, 4) is 0 Å². The summed E-state index contributed by atoms with van der Waals surface area (Å²) in [6, 6.07) is 10.9. The molecule has 2 aliphatic rings. The van der Waals surface area contributed by atoms with Crippen molar-refractivity contribution in [3.05, 3.63) is 57.3 Å². The topological polar surface area (TPSA) is 20.3 Å². The first-order valence-corrected chi connectivity index (χ1v) is 9.56. The molecule has 0 spiro atoms. The van der Waals surface area contributed by atoms with Gasteiger partial charge in [-0.25, -0.2) is 0 Å². The molecule has 1 aliphatic heterocycles. The second kappa shape index (κ2) is 6.12. The summed E-state index contributed by atoms with van der Waals surface area (Å²) < 4.78 is 0. The lowest BCUT2D eigenvalue weighted by atomic mass is 9.89. The average Bonchev–Trinajstić information content (AvgIpc) is 3.25. The van der Waals surface area contributed by atoms with Gasteiger partial charge in [-0.2, -0.15) is 0 Å². The Labute approximate surface area is 142 Å². The third-order valence-corrected chi connectivity index (χ3v) is 6.43. The van der Waals surface area contributed by atoms with Crippen molar-refractivity contribution in [3.63, 3.8) is 0 Å². The molecule has 2 heterocycles. The van der Waals surface area contributed by atoms with Crippen molar-refractivity contribution >= 4 is 17.2 Å². The van der Waals surface area contributed by atoms with E-state index in [4.69, 9.17) is 0 Å². The zero-order valence-corrected chi connectivity index (χ0v) is 14.4. The van der Waals surface area contributed by atoms with E-state index in [0.717, 1.165) is 25.8 Å². The zero-order valence-electron chi connectivity index (χ0n) is 13.6. The Morgan fingerprint density at radius 3 is 2.70 bits per heavy atom. The third kappa shape index (κ3) is 2.61.